The van der Waals surface area contributed by atoms with Gasteiger partial charge in [0.15, 0.2) is 0 Å². The lowest BCUT2D eigenvalue weighted by molar-refractivity contribution is -0.137. The van der Waals surface area contributed by atoms with Gasteiger partial charge in [-0.1, -0.05) is 18.2 Å². The van der Waals surface area contributed by atoms with E-state index in [1.54, 1.807) is 19.9 Å². The molecule has 0 aromatic heterocycles. The van der Waals surface area contributed by atoms with Crippen LogP contribution < -0.4 is 10.6 Å². The zero-order valence-corrected chi connectivity index (χ0v) is 14.0. The minimum absolute atomic E-state index is 0.267. The van der Waals surface area contributed by atoms with Gasteiger partial charge in [-0.3, -0.25) is 9.69 Å². The van der Waals surface area contributed by atoms with Crippen LogP contribution in [0.2, 0.25) is 0 Å². The number of carbonyl (C=O) groups is 1. The highest BCUT2D eigenvalue weighted by atomic mass is 19.4. The molecule has 1 aromatic rings. The zero-order valence-electron chi connectivity index (χ0n) is 14.0. The second-order valence-corrected chi connectivity index (χ2v) is 6.55. The third kappa shape index (κ3) is 4.70. The molecular formula is C17H24F3N3O. The van der Waals surface area contributed by atoms with Crippen molar-refractivity contribution in [2.24, 2.45) is 0 Å². The van der Waals surface area contributed by atoms with Gasteiger partial charge in [0, 0.05) is 39.3 Å². The van der Waals surface area contributed by atoms with Crippen molar-refractivity contribution in [2.45, 2.75) is 25.4 Å². The fourth-order valence-corrected chi connectivity index (χ4v) is 2.70. The number of hydrogen-bond acceptors (Lipinski definition) is 3. The molecule has 4 nitrogen and oxygen atoms in total. The molecule has 1 heterocycles. The smallest absolute Gasteiger partial charge is 0.354 e. The van der Waals surface area contributed by atoms with E-state index < -0.39 is 17.2 Å². The fourth-order valence-electron chi connectivity index (χ4n) is 2.70. The first kappa shape index (κ1) is 18.7. The van der Waals surface area contributed by atoms with Gasteiger partial charge in [0.2, 0.25) is 5.91 Å². The Balaban J connectivity index is 1.96. The van der Waals surface area contributed by atoms with E-state index in [4.69, 9.17) is 0 Å². The lowest BCUT2D eigenvalue weighted by atomic mass is 9.83. The van der Waals surface area contributed by atoms with E-state index >= 15 is 0 Å². The molecule has 7 heteroatoms. The summed E-state index contributed by atoms with van der Waals surface area (Å²) in [6.45, 7) is 8.26. The number of benzene rings is 1. The van der Waals surface area contributed by atoms with Gasteiger partial charge in [-0.15, -0.1) is 0 Å². The monoisotopic (exact) mass is 343 g/mol. The van der Waals surface area contributed by atoms with E-state index in [0.29, 0.717) is 12.1 Å². The van der Waals surface area contributed by atoms with Crippen molar-refractivity contribution in [1.29, 1.82) is 0 Å². The van der Waals surface area contributed by atoms with Crippen molar-refractivity contribution >= 4 is 5.91 Å². The minimum Gasteiger partial charge on any atom is -0.354 e. The Bertz CT molecular complexity index is 566. The Morgan fingerprint density at radius 3 is 2.46 bits per heavy atom. The highest BCUT2D eigenvalue weighted by Gasteiger charge is 2.34. The fraction of sp³-hybridized carbons (Fsp3) is 0.588. The third-order valence-corrected chi connectivity index (χ3v) is 4.40. The van der Waals surface area contributed by atoms with Gasteiger partial charge in [0.05, 0.1) is 11.0 Å². The van der Waals surface area contributed by atoms with Crippen LogP contribution in [0.3, 0.4) is 0 Å². The van der Waals surface area contributed by atoms with Crippen molar-refractivity contribution in [1.82, 2.24) is 15.5 Å². The lowest BCUT2D eigenvalue weighted by Gasteiger charge is -2.29. The molecule has 1 aromatic carbocycles. The molecule has 2 N–H and O–H groups in total. The molecule has 0 radical (unpaired) electrons. The topological polar surface area (TPSA) is 44.4 Å². The lowest BCUT2D eigenvalue weighted by Crippen LogP contribution is -2.48. The van der Waals surface area contributed by atoms with Crippen molar-refractivity contribution in [2.75, 3.05) is 39.3 Å². The molecule has 1 amide bonds. The van der Waals surface area contributed by atoms with Crippen LogP contribution in [-0.4, -0.2) is 50.1 Å². The van der Waals surface area contributed by atoms with E-state index in [0.717, 1.165) is 44.9 Å². The molecule has 0 spiro atoms. The Kier molecular flexibility index (Phi) is 5.87. The van der Waals surface area contributed by atoms with E-state index in [1.807, 2.05) is 0 Å². The number of piperazine rings is 1. The first-order valence-corrected chi connectivity index (χ1v) is 8.10. The molecule has 24 heavy (non-hydrogen) atoms. The maximum absolute atomic E-state index is 12.9. The quantitative estimate of drug-likeness (QED) is 0.860. The number of hydrogen-bond donors (Lipinski definition) is 2. The third-order valence-electron chi connectivity index (χ3n) is 4.40. The normalized spacial score (nSPS) is 16.9. The summed E-state index contributed by atoms with van der Waals surface area (Å²) in [5.74, 6) is -0.267. The largest absolute Gasteiger partial charge is 0.416 e. The molecule has 1 saturated heterocycles. The maximum Gasteiger partial charge on any atom is 0.416 e. The number of rotatable bonds is 5. The average Bonchev–Trinajstić information content (AvgIpc) is 2.55. The number of carbonyl (C=O) groups excluding carboxylic acids is 1. The van der Waals surface area contributed by atoms with Gasteiger partial charge in [-0.2, -0.15) is 13.2 Å². The molecule has 0 atom stereocenters. The van der Waals surface area contributed by atoms with Crippen LogP contribution in [0.5, 0.6) is 0 Å². The summed E-state index contributed by atoms with van der Waals surface area (Å²) in [5.41, 5.74) is -1.40. The molecule has 1 aliphatic rings. The summed E-state index contributed by atoms with van der Waals surface area (Å²) in [4.78, 5) is 14.7. The van der Waals surface area contributed by atoms with Crippen LogP contribution in [0.4, 0.5) is 13.2 Å². The Labute approximate surface area is 140 Å². The van der Waals surface area contributed by atoms with Gasteiger partial charge >= 0.3 is 6.18 Å². The predicted molar refractivity (Wildman–Crippen MR) is 86.8 cm³/mol. The van der Waals surface area contributed by atoms with Crippen LogP contribution >= 0.6 is 0 Å². The minimum atomic E-state index is -4.41. The van der Waals surface area contributed by atoms with E-state index in [-0.39, 0.29) is 5.91 Å². The van der Waals surface area contributed by atoms with Crippen LogP contribution in [0.15, 0.2) is 24.3 Å². The zero-order chi connectivity index (χ0) is 17.8. The molecule has 0 bridgehead atoms. The van der Waals surface area contributed by atoms with E-state index in [2.05, 4.69) is 15.5 Å². The predicted octanol–water partition coefficient (Wildman–Crippen LogP) is 2.00. The van der Waals surface area contributed by atoms with Crippen LogP contribution in [0.1, 0.15) is 25.0 Å². The van der Waals surface area contributed by atoms with Gasteiger partial charge < -0.3 is 10.6 Å². The molecule has 2 rings (SSSR count). The molecule has 0 unspecified atom stereocenters. The van der Waals surface area contributed by atoms with Crippen molar-refractivity contribution in [3.63, 3.8) is 0 Å². The number of alkyl halides is 3. The average molecular weight is 343 g/mol. The first-order valence-electron chi connectivity index (χ1n) is 8.10. The Morgan fingerprint density at radius 2 is 1.83 bits per heavy atom. The van der Waals surface area contributed by atoms with Gasteiger partial charge in [0.25, 0.3) is 0 Å². The summed E-state index contributed by atoms with van der Waals surface area (Å²) in [7, 11) is 0. The molecule has 134 valence electrons. The summed E-state index contributed by atoms with van der Waals surface area (Å²) in [5, 5.41) is 6.10. The molecule has 1 aliphatic heterocycles. The van der Waals surface area contributed by atoms with Gasteiger partial charge in [-0.05, 0) is 25.5 Å². The van der Waals surface area contributed by atoms with Crippen LogP contribution in [0, 0.1) is 0 Å². The van der Waals surface area contributed by atoms with Crippen LogP contribution in [-0.2, 0) is 16.4 Å². The summed E-state index contributed by atoms with van der Waals surface area (Å²) >= 11 is 0. The highest BCUT2D eigenvalue weighted by molar-refractivity contribution is 5.87. The molecular weight excluding hydrogens is 319 g/mol. The van der Waals surface area contributed by atoms with E-state index in [1.165, 1.54) is 6.07 Å². The number of nitrogens with zero attached hydrogens (tertiary/aromatic N) is 1. The maximum atomic E-state index is 12.9. The van der Waals surface area contributed by atoms with E-state index in [9.17, 15) is 18.0 Å². The number of nitrogens with one attached hydrogen (secondary N) is 2. The molecule has 0 aliphatic carbocycles. The standard InChI is InChI=1S/C17H24F3N3O/c1-16(2,13-4-3-5-14(12-13)17(18,19)20)15(24)22-8-11-23-9-6-21-7-10-23/h3-5,12,21H,6-11H2,1-2H3,(H,22,24). The summed E-state index contributed by atoms with van der Waals surface area (Å²) in [6, 6.07) is 4.97. The van der Waals surface area contributed by atoms with Crippen LogP contribution in [0.25, 0.3) is 0 Å². The Morgan fingerprint density at radius 1 is 1.21 bits per heavy atom. The summed E-state index contributed by atoms with van der Waals surface area (Å²) in [6.07, 6.45) is -4.41. The van der Waals surface area contributed by atoms with Gasteiger partial charge in [-0.25, -0.2) is 0 Å². The van der Waals surface area contributed by atoms with Gasteiger partial charge in [0.1, 0.15) is 0 Å². The first-order chi connectivity index (χ1) is 11.2. The number of amides is 1. The highest BCUT2D eigenvalue weighted by Crippen LogP contribution is 2.32. The van der Waals surface area contributed by atoms with Crippen molar-refractivity contribution in [3.05, 3.63) is 35.4 Å². The molecule has 0 saturated carbocycles. The second kappa shape index (κ2) is 7.53. The molecule has 1 fully saturated rings. The Hall–Kier alpha value is -1.60. The second-order valence-electron chi connectivity index (χ2n) is 6.55. The SMILES string of the molecule is CC(C)(C(=O)NCCN1CCNCC1)c1cccc(C(F)(F)F)c1. The van der Waals surface area contributed by atoms with Crippen molar-refractivity contribution in [3.8, 4) is 0 Å². The summed E-state index contributed by atoms with van der Waals surface area (Å²) < 4.78 is 38.6. The van der Waals surface area contributed by atoms with Crippen molar-refractivity contribution < 1.29 is 18.0 Å². The number of halogens is 3.